The lowest BCUT2D eigenvalue weighted by Crippen LogP contribution is -2.23. The molecule has 1 aromatic heterocycles. The highest BCUT2D eigenvalue weighted by molar-refractivity contribution is 5.65. The minimum atomic E-state index is -4.61. The molecule has 0 atom stereocenters. The minimum Gasteiger partial charge on any atom is -0.490 e. The van der Waals surface area contributed by atoms with E-state index >= 15 is 0 Å². The molecule has 0 saturated heterocycles. The Morgan fingerprint density at radius 3 is 2.47 bits per heavy atom. The highest BCUT2D eigenvalue weighted by Crippen LogP contribution is 2.39. The Morgan fingerprint density at radius 1 is 1.00 bits per heavy atom. The molecule has 8 heteroatoms. The van der Waals surface area contributed by atoms with Crippen molar-refractivity contribution in [2.75, 3.05) is 11.4 Å². The van der Waals surface area contributed by atoms with Crippen LogP contribution >= 0.6 is 0 Å². The van der Waals surface area contributed by atoms with Gasteiger partial charge in [-0.1, -0.05) is 42.8 Å². The maximum Gasteiger partial charge on any atom is 0.421 e. The summed E-state index contributed by atoms with van der Waals surface area (Å²) in [6, 6.07) is 16.4. The van der Waals surface area contributed by atoms with Crippen LogP contribution in [0.4, 0.5) is 24.7 Å². The van der Waals surface area contributed by atoms with E-state index in [-0.39, 0.29) is 31.1 Å². The Hall–Kier alpha value is -3.29. The zero-order valence-corrected chi connectivity index (χ0v) is 19.1. The zero-order chi connectivity index (χ0) is 24.0. The first-order chi connectivity index (χ1) is 16.4. The number of rotatable bonds is 8. The fraction of sp³-hybridized carbons (Fsp3) is 0.385. The van der Waals surface area contributed by atoms with Gasteiger partial charge < -0.3 is 14.4 Å². The summed E-state index contributed by atoms with van der Waals surface area (Å²) in [5, 5.41) is 0. The molecule has 4 rings (SSSR count). The SMILES string of the molecule is CCN(c1cccc(OC2CCCCC2)c1)c1nc(OCc2ccccc2)ncc1C(F)(F)F. The van der Waals surface area contributed by atoms with Crippen LogP contribution in [0.25, 0.3) is 0 Å². The molecule has 0 N–H and O–H groups in total. The van der Waals surface area contributed by atoms with Crippen molar-refractivity contribution in [3.8, 4) is 11.8 Å². The molecule has 0 bridgehead atoms. The number of benzene rings is 2. The number of nitrogens with zero attached hydrogens (tertiary/aromatic N) is 3. The van der Waals surface area contributed by atoms with Crippen molar-refractivity contribution in [1.29, 1.82) is 0 Å². The maximum atomic E-state index is 13.9. The highest BCUT2D eigenvalue weighted by atomic mass is 19.4. The van der Waals surface area contributed by atoms with Crippen LogP contribution in [0.1, 0.15) is 50.2 Å². The predicted molar refractivity (Wildman–Crippen MR) is 124 cm³/mol. The van der Waals surface area contributed by atoms with Gasteiger partial charge in [-0.3, -0.25) is 0 Å². The number of anilines is 2. The van der Waals surface area contributed by atoms with Crippen LogP contribution < -0.4 is 14.4 Å². The molecular weight excluding hydrogens is 443 g/mol. The molecule has 0 spiro atoms. The first-order valence-electron chi connectivity index (χ1n) is 11.6. The van der Waals surface area contributed by atoms with Crippen molar-refractivity contribution in [3.05, 3.63) is 71.9 Å². The normalized spacial score (nSPS) is 14.6. The lowest BCUT2D eigenvalue weighted by molar-refractivity contribution is -0.137. The number of ether oxygens (including phenoxy) is 2. The zero-order valence-electron chi connectivity index (χ0n) is 19.1. The smallest absolute Gasteiger partial charge is 0.421 e. The van der Waals surface area contributed by atoms with Gasteiger partial charge in [-0.25, -0.2) is 4.98 Å². The second-order valence-electron chi connectivity index (χ2n) is 8.28. The first-order valence-corrected chi connectivity index (χ1v) is 11.6. The van der Waals surface area contributed by atoms with Crippen LogP contribution in [-0.2, 0) is 12.8 Å². The van der Waals surface area contributed by atoms with Crippen molar-refractivity contribution in [2.24, 2.45) is 0 Å². The summed E-state index contributed by atoms with van der Waals surface area (Å²) in [6.45, 7) is 2.20. The van der Waals surface area contributed by atoms with Crippen molar-refractivity contribution in [1.82, 2.24) is 9.97 Å². The van der Waals surface area contributed by atoms with E-state index in [2.05, 4.69) is 9.97 Å². The number of alkyl halides is 3. The third-order valence-corrected chi connectivity index (χ3v) is 5.82. The fourth-order valence-corrected chi connectivity index (χ4v) is 4.11. The van der Waals surface area contributed by atoms with Gasteiger partial charge in [0.25, 0.3) is 0 Å². The number of aromatic nitrogens is 2. The predicted octanol–water partition coefficient (Wildman–Crippen LogP) is 6.94. The summed E-state index contributed by atoms with van der Waals surface area (Å²) in [5.74, 6) is 0.397. The standard InChI is InChI=1S/C26H28F3N3O2/c1-2-32(20-12-9-15-22(16-20)34-21-13-7-4-8-14-21)24-23(26(27,28)29)17-30-25(31-24)33-18-19-10-5-3-6-11-19/h3,5-6,9-12,15-17,21H,2,4,7-8,13-14,18H2,1H3. The van der Waals surface area contributed by atoms with Gasteiger partial charge in [-0.2, -0.15) is 18.2 Å². The Kier molecular flexibility index (Phi) is 7.55. The van der Waals surface area contributed by atoms with Gasteiger partial charge in [0.2, 0.25) is 0 Å². The summed E-state index contributed by atoms with van der Waals surface area (Å²) < 4.78 is 53.3. The van der Waals surface area contributed by atoms with E-state index in [1.807, 2.05) is 36.4 Å². The lowest BCUT2D eigenvalue weighted by atomic mass is 9.98. The van der Waals surface area contributed by atoms with Gasteiger partial charge in [0.1, 0.15) is 17.9 Å². The molecule has 180 valence electrons. The van der Waals surface area contributed by atoms with E-state index < -0.39 is 11.7 Å². The average molecular weight is 472 g/mol. The Labute approximate surface area is 197 Å². The third kappa shape index (κ3) is 5.98. The van der Waals surface area contributed by atoms with Gasteiger partial charge in [0.05, 0.1) is 6.10 Å². The van der Waals surface area contributed by atoms with Gasteiger partial charge in [0, 0.05) is 24.5 Å². The number of halogens is 3. The third-order valence-electron chi connectivity index (χ3n) is 5.82. The summed E-state index contributed by atoms with van der Waals surface area (Å²) in [5.41, 5.74) is 0.515. The Bertz CT molecular complexity index is 1070. The number of hydrogen-bond acceptors (Lipinski definition) is 5. The molecule has 1 fully saturated rings. The highest BCUT2D eigenvalue weighted by Gasteiger charge is 2.37. The quantitative estimate of drug-likeness (QED) is 0.356. The molecule has 0 amide bonds. The summed E-state index contributed by atoms with van der Waals surface area (Å²) in [4.78, 5) is 9.51. The van der Waals surface area contributed by atoms with E-state index in [1.165, 1.54) is 11.3 Å². The molecule has 1 heterocycles. The van der Waals surface area contributed by atoms with Crippen molar-refractivity contribution < 1.29 is 22.6 Å². The largest absolute Gasteiger partial charge is 0.490 e. The molecule has 0 radical (unpaired) electrons. The molecule has 1 aliphatic carbocycles. The summed E-state index contributed by atoms with van der Waals surface area (Å²) >= 11 is 0. The van der Waals surface area contributed by atoms with Crippen LogP contribution in [0.2, 0.25) is 0 Å². The van der Waals surface area contributed by atoms with E-state index in [0.29, 0.717) is 11.4 Å². The summed E-state index contributed by atoms with van der Waals surface area (Å²) in [7, 11) is 0. The van der Waals surface area contributed by atoms with Crippen LogP contribution in [0.15, 0.2) is 60.8 Å². The van der Waals surface area contributed by atoms with Crippen LogP contribution in [-0.4, -0.2) is 22.6 Å². The fourth-order valence-electron chi connectivity index (χ4n) is 4.11. The second kappa shape index (κ2) is 10.8. The van der Waals surface area contributed by atoms with E-state index in [9.17, 15) is 13.2 Å². The topological polar surface area (TPSA) is 47.5 Å². The van der Waals surface area contributed by atoms with Gasteiger partial charge in [0.15, 0.2) is 5.82 Å². The molecule has 0 unspecified atom stereocenters. The van der Waals surface area contributed by atoms with Crippen LogP contribution in [0.5, 0.6) is 11.8 Å². The molecular formula is C26H28F3N3O2. The molecule has 5 nitrogen and oxygen atoms in total. The van der Waals surface area contributed by atoms with Gasteiger partial charge in [-0.05, 0) is 50.3 Å². The monoisotopic (exact) mass is 471 g/mol. The molecule has 34 heavy (non-hydrogen) atoms. The van der Waals surface area contributed by atoms with Crippen molar-refractivity contribution in [2.45, 2.75) is 57.9 Å². The number of hydrogen-bond donors (Lipinski definition) is 0. The minimum absolute atomic E-state index is 0.111. The Balaban J connectivity index is 1.62. The maximum absolute atomic E-state index is 13.9. The molecule has 1 aliphatic rings. The van der Waals surface area contributed by atoms with E-state index in [1.54, 1.807) is 25.1 Å². The molecule has 2 aromatic carbocycles. The second-order valence-corrected chi connectivity index (χ2v) is 8.28. The first kappa shape index (κ1) is 23.9. The molecule has 1 saturated carbocycles. The van der Waals surface area contributed by atoms with Crippen LogP contribution in [0.3, 0.4) is 0 Å². The summed E-state index contributed by atoms with van der Waals surface area (Å²) in [6.07, 6.45) is 1.78. The van der Waals surface area contributed by atoms with Crippen molar-refractivity contribution in [3.63, 3.8) is 0 Å². The van der Waals surface area contributed by atoms with E-state index in [4.69, 9.17) is 9.47 Å². The molecule has 0 aliphatic heterocycles. The Morgan fingerprint density at radius 2 is 1.76 bits per heavy atom. The molecule has 3 aromatic rings. The van der Waals surface area contributed by atoms with Gasteiger partial charge >= 0.3 is 12.2 Å². The van der Waals surface area contributed by atoms with Crippen molar-refractivity contribution >= 4 is 11.5 Å². The average Bonchev–Trinajstić information content (AvgIpc) is 2.84. The lowest BCUT2D eigenvalue weighted by Gasteiger charge is -2.27. The van der Waals surface area contributed by atoms with Crippen LogP contribution in [0, 0.1) is 0 Å². The van der Waals surface area contributed by atoms with Gasteiger partial charge in [-0.15, -0.1) is 0 Å². The van der Waals surface area contributed by atoms with E-state index in [0.717, 1.165) is 37.4 Å².